The molecule has 0 unspecified atom stereocenters. The zero-order valence-corrected chi connectivity index (χ0v) is 16.2. The van der Waals surface area contributed by atoms with Gasteiger partial charge in [-0.25, -0.2) is 0 Å². The summed E-state index contributed by atoms with van der Waals surface area (Å²) >= 11 is 1.66. The Hall–Kier alpha value is -1.94. The van der Waals surface area contributed by atoms with E-state index in [0.29, 0.717) is 0 Å². The van der Waals surface area contributed by atoms with Crippen molar-refractivity contribution < 1.29 is 9.53 Å². The van der Waals surface area contributed by atoms with Gasteiger partial charge in [-0.05, 0) is 43.0 Å². The summed E-state index contributed by atoms with van der Waals surface area (Å²) in [7, 11) is 1.67. The van der Waals surface area contributed by atoms with E-state index < -0.39 is 0 Å². The van der Waals surface area contributed by atoms with E-state index in [1.54, 1.807) is 18.9 Å². The summed E-state index contributed by atoms with van der Waals surface area (Å²) in [6.07, 6.45) is 0.855. The van der Waals surface area contributed by atoms with Gasteiger partial charge in [0.1, 0.15) is 5.75 Å². The first-order valence-electron chi connectivity index (χ1n) is 8.65. The molecule has 3 nitrogen and oxygen atoms in total. The van der Waals surface area contributed by atoms with Gasteiger partial charge in [-0.1, -0.05) is 49.4 Å². The molecule has 0 saturated heterocycles. The van der Waals surface area contributed by atoms with Gasteiger partial charge >= 0.3 is 0 Å². The van der Waals surface area contributed by atoms with Crippen LogP contribution in [-0.2, 0) is 10.5 Å². The van der Waals surface area contributed by atoms with Crippen molar-refractivity contribution >= 4 is 17.7 Å². The number of carbonyl (C=O) groups is 1. The summed E-state index contributed by atoms with van der Waals surface area (Å²) in [5, 5.41) is 3.09. The topological polar surface area (TPSA) is 38.3 Å². The number of aryl methyl sites for hydroxylation is 1. The normalized spacial score (nSPS) is 13.1. The maximum atomic E-state index is 12.6. The van der Waals surface area contributed by atoms with Crippen LogP contribution in [0.15, 0.2) is 48.5 Å². The van der Waals surface area contributed by atoms with Gasteiger partial charge in [-0.3, -0.25) is 4.79 Å². The van der Waals surface area contributed by atoms with E-state index in [1.807, 2.05) is 44.2 Å². The Kier molecular flexibility index (Phi) is 7.38. The lowest BCUT2D eigenvalue weighted by Gasteiger charge is -2.21. The van der Waals surface area contributed by atoms with Gasteiger partial charge in [0.25, 0.3) is 0 Å². The number of carbonyl (C=O) groups excluding carboxylic acids is 1. The van der Waals surface area contributed by atoms with Crippen LogP contribution in [-0.4, -0.2) is 18.3 Å². The van der Waals surface area contributed by atoms with E-state index >= 15 is 0 Å². The molecule has 0 aliphatic carbocycles. The minimum absolute atomic E-state index is 0.0249. The fourth-order valence-electron chi connectivity index (χ4n) is 2.70. The van der Waals surface area contributed by atoms with Gasteiger partial charge in [0.15, 0.2) is 0 Å². The summed E-state index contributed by atoms with van der Waals surface area (Å²) in [6, 6.07) is 16.4. The number of methoxy groups -OCH3 is 1. The van der Waals surface area contributed by atoms with Crippen molar-refractivity contribution in [1.82, 2.24) is 5.32 Å². The van der Waals surface area contributed by atoms with Gasteiger partial charge in [0.05, 0.1) is 18.4 Å². The number of hydrogen-bond donors (Lipinski definition) is 1. The Morgan fingerprint density at radius 1 is 1.20 bits per heavy atom. The molecule has 0 bridgehead atoms. The minimum atomic E-state index is -0.0893. The van der Waals surface area contributed by atoms with E-state index in [4.69, 9.17) is 4.74 Å². The van der Waals surface area contributed by atoms with Crippen molar-refractivity contribution in [2.75, 3.05) is 7.11 Å². The largest absolute Gasteiger partial charge is 0.496 e. The standard InChI is InChI=1S/C21H27NO2S/c1-5-19(18-11-12-20(24-4)15(2)13-18)22-21(23)16(3)25-14-17-9-7-6-8-10-17/h6-13,16,19H,5,14H2,1-4H3,(H,22,23)/t16-,19-/m1/s1. The average molecular weight is 358 g/mol. The molecule has 0 heterocycles. The molecule has 0 aliphatic heterocycles. The van der Waals surface area contributed by atoms with Crippen molar-refractivity contribution in [3.63, 3.8) is 0 Å². The molecule has 1 N–H and O–H groups in total. The van der Waals surface area contributed by atoms with Crippen LogP contribution in [0.3, 0.4) is 0 Å². The van der Waals surface area contributed by atoms with Gasteiger partial charge in [-0.15, -0.1) is 11.8 Å². The smallest absolute Gasteiger partial charge is 0.233 e. The molecule has 25 heavy (non-hydrogen) atoms. The van der Waals surface area contributed by atoms with Gasteiger partial charge < -0.3 is 10.1 Å². The zero-order valence-electron chi connectivity index (χ0n) is 15.4. The predicted octanol–water partition coefficient (Wildman–Crippen LogP) is 4.89. The SMILES string of the molecule is CC[C@@H](NC(=O)[C@@H](C)SCc1ccccc1)c1ccc(OC)c(C)c1. The van der Waals surface area contributed by atoms with E-state index in [1.165, 1.54) is 5.56 Å². The second-order valence-corrected chi connectivity index (χ2v) is 7.47. The number of nitrogens with one attached hydrogen (secondary N) is 1. The van der Waals surface area contributed by atoms with Gasteiger partial charge in [-0.2, -0.15) is 0 Å². The van der Waals surface area contributed by atoms with Crippen LogP contribution in [0.4, 0.5) is 0 Å². The third-order valence-corrected chi connectivity index (χ3v) is 5.47. The molecule has 0 radical (unpaired) electrons. The summed E-state index contributed by atoms with van der Waals surface area (Å²) in [4.78, 5) is 12.6. The van der Waals surface area contributed by atoms with E-state index in [0.717, 1.165) is 29.1 Å². The molecule has 0 aliphatic rings. The number of amides is 1. The Bertz CT molecular complexity index is 688. The number of benzene rings is 2. The number of rotatable bonds is 8. The van der Waals surface area contributed by atoms with Crippen LogP contribution in [0.25, 0.3) is 0 Å². The highest BCUT2D eigenvalue weighted by atomic mass is 32.2. The lowest BCUT2D eigenvalue weighted by Crippen LogP contribution is -2.34. The van der Waals surface area contributed by atoms with Crippen molar-refractivity contribution in [3.8, 4) is 5.75 Å². The predicted molar refractivity (Wildman–Crippen MR) is 106 cm³/mol. The molecule has 4 heteroatoms. The van der Waals surface area contributed by atoms with Crippen LogP contribution < -0.4 is 10.1 Å². The molecule has 0 fully saturated rings. The Morgan fingerprint density at radius 3 is 2.52 bits per heavy atom. The maximum absolute atomic E-state index is 12.6. The molecule has 2 aromatic carbocycles. The van der Waals surface area contributed by atoms with Crippen molar-refractivity contribution in [3.05, 3.63) is 65.2 Å². The quantitative estimate of drug-likeness (QED) is 0.731. The molecule has 0 aromatic heterocycles. The number of hydrogen-bond acceptors (Lipinski definition) is 3. The van der Waals surface area contributed by atoms with Crippen LogP contribution in [0, 0.1) is 6.92 Å². The lowest BCUT2D eigenvalue weighted by molar-refractivity contribution is -0.121. The fraction of sp³-hybridized carbons (Fsp3) is 0.381. The van der Waals surface area contributed by atoms with E-state index in [9.17, 15) is 4.79 Å². The summed E-state index contributed by atoms with van der Waals surface area (Å²) in [5.41, 5.74) is 3.44. The van der Waals surface area contributed by atoms with Crippen LogP contribution in [0.5, 0.6) is 5.75 Å². The van der Waals surface area contributed by atoms with Gasteiger partial charge in [0, 0.05) is 5.75 Å². The highest BCUT2D eigenvalue weighted by molar-refractivity contribution is 7.99. The third-order valence-electron chi connectivity index (χ3n) is 4.26. The second-order valence-electron chi connectivity index (χ2n) is 6.14. The van der Waals surface area contributed by atoms with Crippen LogP contribution >= 0.6 is 11.8 Å². The molecule has 2 rings (SSSR count). The van der Waals surface area contributed by atoms with Gasteiger partial charge in [0.2, 0.25) is 5.91 Å². The highest BCUT2D eigenvalue weighted by Gasteiger charge is 2.19. The number of thioether (sulfide) groups is 1. The van der Waals surface area contributed by atoms with Crippen LogP contribution in [0.2, 0.25) is 0 Å². The van der Waals surface area contributed by atoms with E-state index in [2.05, 4.69) is 30.4 Å². The lowest BCUT2D eigenvalue weighted by atomic mass is 10.0. The maximum Gasteiger partial charge on any atom is 0.233 e. The second kappa shape index (κ2) is 9.52. The summed E-state index contributed by atoms with van der Waals surface area (Å²) in [5.74, 6) is 1.80. The fourth-order valence-corrected chi connectivity index (χ4v) is 3.55. The molecule has 0 spiro atoms. The molecule has 1 amide bonds. The Balaban J connectivity index is 1.95. The first-order valence-corrected chi connectivity index (χ1v) is 9.70. The first-order chi connectivity index (χ1) is 12.0. The Morgan fingerprint density at radius 2 is 1.92 bits per heavy atom. The number of ether oxygens (including phenoxy) is 1. The third kappa shape index (κ3) is 5.53. The summed E-state index contributed by atoms with van der Waals surface area (Å²) < 4.78 is 5.32. The average Bonchev–Trinajstić information content (AvgIpc) is 2.64. The Labute approximate surface area is 155 Å². The molecular weight excluding hydrogens is 330 g/mol. The highest BCUT2D eigenvalue weighted by Crippen LogP contribution is 2.25. The molecular formula is C21H27NO2S. The first kappa shape index (κ1) is 19.4. The van der Waals surface area contributed by atoms with Crippen LogP contribution in [0.1, 0.15) is 43.0 Å². The van der Waals surface area contributed by atoms with Crippen molar-refractivity contribution in [1.29, 1.82) is 0 Å². The zero-order chi connectivity index (χ0) is 18.2. The van der Waals surface area contributed by atoms with Crippen molar-refractivity contribution in [2.45, 2.75) is 44.2 Å². The minimum Gasteiger partial charge on any atom is -0.496 e. The van der Waals surface area contributed by atoms with E-state index in [-0.39, 0.29) is 17.2 Å². The molecule has 2 atom stereocenters. The monoisotopic (exact) mass is 357 g/mol. The molecule has 2 aromatic rings. The van der Waals surface area contributed by atoms with Crippen molar-refractivity contribution in [2.24, 2.45) is 0 Å². The molecule has 0 saturated carbocycles. The summed E-state index contributed by atoms with van der Waals surface area (Å²) in [6.45, 7) is 6.08. The molecule has 134 valence electrons.